The van der Waals surface area contributed by atoms with Crippen molar-refractivity contribution in [3.05, 3.63) is 63.0 Å². The molecule has 5 rings (SSSR count). The average molecular weight is 473 g/mol. The Balaban J connectivity index is 1.24. The SMILES string of the molecule is O=C(Cn1cnc2sc3c(c2c1=O)CCC3)N1CCN(S(=O)(=O)Cc2ccccc2)CC1. The normalized spacial score (nSPS) is 17.1. The van der Waals surface area contributed by atoms with Gasteiger partial charge in [0, 0.05) is 31.1 Å². The number of carbonyl (C=O) groups excluding carboxylic acids is 1. The van der Waals surface area contributed by atoms with Crippen molar-refractivity contribution in [3.8, 4) is 0 Å². The van der Waals surface area contributed by atoms with Crippen LogP contribution in [-0.4, -0.2) is 59.3 Å². The summed E-state index contributed by atoms with van der Waals surface area (Å²) in [5.74, 6) is -0.242. The van der Waals surface area contributed by atoms with Crippen LogP contribution in [0.15, 0.2) is 41.5 Å². The van der Waals surface area contributed by atoms with Crippen LogP contribution in [0.5, 0.6) is 0 Å². The van der Waals surface area contributed by atoms with E-state index in [-0.39, 0.29) is 36.9 Å². The van der Waals surface area contributed by atoms with Gasteiger partial charge in [-0.05, 0) is 30.4 Å². The molecule has 1 aliphatic carbocycles. The first-order valence-electron chi connectivity index (χ1n) is 10.7. The van der Waals surface area contributed by atoms with E-state index < -0.39 is 10.0 Å². The van der Waals surface area contributed by atoms with Crippen LogP contribution in [0.4, 0.5) is 0 Å². The number of sulfonamides is 1. The van der Waals surface area contributed by atoms with E-state index in [9.17, 15) is 18.0 Å². The first-order valence-corrected chi connectivity index (χ1v) is 13.1. The zero-order valence-corrected chi connectivity index (χ0v) is 19.2. The van der Waals surface area contributed by atoms with Gasteiger partial charge in [-0.25, -0.2) is 13.4 Å². The van der Waals surface area contributed by atoms with E-state index in [0.717, 1.165) is 35.2 Å². The minimum Gasteiger partial charge on any atom is -0.338 e. The van der Waals surface area contributed by atoms with E-state index in [1.807, 2.05) is 18.2 Å². The summed E-state index contributed by atoms with van der Waals surface area (Å²) in [4.78, 5) is 33.9. The number of aryl methyl sites for hydroxylation is 2. The second kappa shape index (κ2) is 8.42. The predicted octanol–water partition coefficient (Wildman–Crippen LogP) is 1.62. The summed E-state index contributed by atoms with van der Waals surface area (Å²) in [6.07, 6.45) is 4.40. The molecule has 0 unspecified atom stereocenters. The molecule has 0 spiro atoms. The third kappa shape index (κ3) is 3.98. The average Bonchev–Trinajstić information content (AvgIpc) is 3.37. The van der Waals surface area contributed by atoms with Crippen LogP contribution in [-0.2, 0) is 40.0 Å². The van der Waals surface area contributed by atoms with Gasteiger partial charge in [0.15, 0.2) is 0 Å². The van der Waals surface area contributed by atoms with Gasteiger partial charge >= 0.3 is 0 Å². The molecule has 2 aliphatic rings. The summed E-state index contributed by atoms with van der Waals surface area (Å²) in [5, 5.41) is 0.662. The van der Waals surface area contributed by atoms with Gasteiger partial charge in [-0.15, -0.1) is 11.3 Å². The van der Waals surface area contributed by atoms with Gasteiger partial charge < -0.3 is 4.90 Å². The molecule has 3 heterocycles. The summed E-state index contributed by atoms with van der Waals surface area (Å²) in [6, 6.07) is 9.08. The van der Waals surface area contributed by atoms with Crippen molar-refractivity contribution < 1.29 is 13.2 Å². The Morgan fingerprint density at radius 1 is 1.06 bits per heavy atom. The Kier molecular flexibility index (Phi) is 5.60. The van der Waals surface area contributed by atoms with Gasteiger partial charge in [0.2, 0.25) is 15.9 Å². The lowest BCUT2D eigenvalue weighted by Crippen LogP contribution is -2.51. The molecule has 0 saturated carbocycles. The predicted molar refractivity (Wildman–Crippen MR) is 123 cm³/mol. The van der Waals surface area contributed by atoms with Crippen molar-refractivity contribution in [3.63, 3.8) is 0 Å². The molecule has 1 fully saturated rings. The number of aromatic nitrogens is 2. The molecule has 1 amide bonds. The molecule has 0 radical (unpaired) electrons. The summed E-state index contributed by atoms with van der Waals surface area (Å²) in [7, 11) is -3.44. The molecule has 1 saturated heterocycles. The number of rotatable bonds is 5. The number of benzene rings is 1. The zero-order valence-electron chi connectivity index (χ0n) is 17.6. The molecule has 32 heavy (non-hydrogen) atoms. The Hall–Kier alpha value is -2.56. The van der Waals surface area contributed by atoms with Crippen molar-refractivity contribution in [2.24, 2.45) is 0 Å². The maximum atomic E-state index is 13.0. The highest BCUT2D eigenvalue weighted by Gasteiger charge is 2.29. The summed E-state index contributed by atoms with van der Waals surface area (Å²) >= 11 is 1.58. The largest absolute Gasteiger partial charge is 0.338 e. The quantitative estimate of drug-likeness (QED) is 0.563. The van der Waals surface area contributed by atoms with Crippen LogP contribution in [0.3, 0.4) is 0 Å². The number of thiophene rings is 1. The van der Waals surface area contributed by atoms with E-state index in [0.29, 0.717) is 18.5 Å². The molecule has 3 aromatic rings. The number of hydrogen-bond acceptors (Lipinski definition) is 6. The first kappa shape index (κ1) is 21.3. The number of carbonyl (C=O) groups is 1. The van der Waals surface area contributed by atoms with Crippen molar-refractivity contribution in [1.29, 1.82) is 0 Å². The van der Waals surface area contributed by atoms with E-state index in [1.54, 1.807) is 28.4 Å². The van der Waals surface area contributed by atoms with Gasteiger partial charge in [-0.2, -0.15) is 4.31 Å². The number of piperazine rings is 1. The van der Waals surface area contributed by atoms with Crippen LogP contribution >= 0.6 is 11.3 Å². The fourth-order valence-corrected chi connectivity index (χ4v) is 7.21. The summed E-state index contributed by atoms with van der Waals surface area (Å²) in [6.45, 7) is 1.05. The van der Waals surface area contributed by atoms with E-state index in [4.69, 9.17) is 0 Å². The molecule has 0 atom stereocenters. The fraction of sp³-hybridized carbons (Fsp3) is 0.409. The van der Waals surface area contributed by atoms with Gasteiger partial charge in [0.1, 0.15) is 11.4 Å². The topological polar surface area (TPSA) is 92.6 Å². The molecule has 1 aromatic carbocycles. The molecule has 1 aliphatic heterocycles. The maximum absolute atomic E-state index is 13.0. The Morgan fingerprint density at radius 2 is 1.81 bits per heavy atom. The minimum atomic E-state index is -3.44. The van der Waals surface area contributed by atoms with Gasteiger partial charge in [-0.1, -0.05) is 30.3 Å². The zero-order chi connectivity index (χ0) is 22.3. The summed E-state index contributed by atoms with van der Waals surface area (Å²) in [5.41, 5.74) is 1.68. The van der Waals surface area contributed by atoms with Crippen molar-refractivity contribution in [2.75, 3.05) is 26.2 Å². The van der Waals surface area contributed by atoms with Crippen LogP contribution in [0.25, 0.3) is 10.2 Å². The smallest absolute Gasteiger partial charge is 0.262 e. The highest BCUT2D eigenvalue weighted by atomic mass is 32.2. The van der Waals surface area contributed by atoms with Crippen LogP contribution < -0.4 is 5.56 Å². The minimum absolute atomic E-state index is 0.0478. The standard InChI is InChI=1S/C22H24N4O4S2/c27-19(13-25-15-23-21-20(22(25)28)17-7-4-8-18(17)31-21)24-9-11-26(12-10-24)32(29,30)14-16-5-2-1-3-6-16/h1-3,5-6,15H,4,7-14H2. The fourth-order valence-electron chi connectivity index (χ4n) is 4.47. The second-order valence-corrected chi connectivity index (χ2v) is 11.3. The Morgan fingerprint density at radius 3 is 2.56 bits per heavy atom. The van der Waals surface area contributed by atoms with Crippen LogP contribution in [0.2, 0.25) is 0 Å². The molecule has 8 nitrogen and oxygen atoms in total. The number of nitrogens with zero attached hydrogens (tertiary/aromatic N) is 4. The highest BCUT2D eigenvalue weighted by Crippen LogP contribution is 2.34. The number of fused-ring (bicyclic) bond motifs is 3. The van der Waals surface area contributed by atoms with Crippen molar-refractivity contribution >= 4 is 37.5 Å². The van der Waals surface area contributed by atoms with Crippen molar-refractivity contribution in [2.45, 2.75) is 31.6 Å². The van der Waals surface area contributed by atoms with Gasteiger partial charge in [0.25, 0.3) is 5.56 Å². The molecule has 0 bridgehead atoms. The molecular formula is C22H24N4O4S2. The number of amides is 1. The molecule has 168 valence electrons. The maximum Gasteiger partial charge on any atom is 0.262 e. The van der Waals surface area contributed by atoms with Gasteiger partial charge in [0.05, 0.1) is 17.5 Å². The third-order valence-corrected chi connectivity index (χ3v) is 9.22. The van der Waals surface area contributed by atoms with E-state index in [1.165, 1.54) is 20.1 Å². The van der Waals surface area contributed by atoms with Crippen LogP contribution in [0, 0.1) is 0 Å². The molecular weight excluding hydrogens is 448 g/mol. The third-order valence-electron chi connectivity index (χ3n) is 6.17. The lowest BCUT2D eigenvalue weighted by molar-refractivity contribution is -0.133. The lowest BCUT2D eigenvalue weighted by atomic mass is 10.2. The second-order valence-electron chi connectivity index (χ2n) is 8.24. The van der Waals surface area contributed by atoms with Crippen LogP contribution in [0.1, 0.15) is 22.4 Å². The van der Waals surface area contributed by atoms with E-state index in [2.05, 4.69) is 4.98 Å². The molecule has 10 heteroatoms. The van der Waals surface area contributed by atoms with Crippen molar-refractivity contribution in [1.82, 2.24) is 18.8 Å². The number of hydrogen-bond donors (Lipinski definition) is 0. The lowest BCUT2D eigenvalue weighted by Gasteiger charge is -2.34. The van der Waals surface area contributed by atoms with Gasteiger partial charge in [-0.3, -0.25) is 14.2 Å². The monoisotopic (exact) mass is 472 g/mol. The first-order chi connectivity index (χ1) is 15.4. The summed E-state index contributed by atoms with van der Waals surface area (Å²) < 4.78 is 28.3. The Labute approximate surface area is 190 Å². The highest BCUT2D eigenvalue weighted by molar-refractivity contribution is 7.88. The molecule has 2 aromatic heterocycles. The van der Waals surface area contributed by atoms with E-state index >= 15 is 0 Å². The molecule has 0 N–H and O–H groups in total. The Bertz CT molecular complexity index is 1320.